The quantitative estimate of drug-likeness (QED) is 0.868. The normalized spacial score (nSPS) is 13.8. The molecule has 0 spiro atoms. The fourth-order valence-corrected chi connectivity index (χ4v) is 2.08. The molecule has 1 heterocycles. The van der Waals surface area contributed by atoms with E-state index in [4.69, 9.17) is 5.11 Å². The van der Waals surface area contributed by atoms with Crippen molar-refractivity contribution >= 4 is 12.0 Å². The lowest BCUT2D eigenvalue weighted by molar-refractivity contribution is -0.136. The smallest absolute Gasteiger partial charge is 0.317 e. The standard InChI is InChI=1S/C13H15FN2O3/c14-11-2-1-10-8-16(6-4-9(10)7-11)13(19)15-5-3-12(17)18/h1-2,7H,3-6,8H2,(H,15,19)(H,17,18). The second-order valence-electron chi connectivity index (χ2n) is 4.46. The topological polar surface area (TPSA) is 69.6 Å². The Morgan fingerprint density at radius 2 is 2.16 bits per heavy atom. The first kappa shape index (κ1) is 13.3. The molecule has 2 amide bonds. The van der Waals surface area contributed by atoms with Gasteiger partial charge >= 0.3 is 12.0 Å². The first-order valence-electron chi connectivity index (χ1n) is 6.08. The van der Waals surface area contributed by atoms with E-state index >= 15 is 0 Å². The molecule has 0 saturated carbocycles. The fourth-order valence-electron chi connectivity index (χ4n) is 2.08. The van der Waals surface area contributed by atoms with E-state index in [1.54, 1.807) is 11.0 Å². The van der Waals surface area contributed by atoms with Gasteiger partial charge in [-0.15, -0.1) is 0 Å². The van der Waals surface area contributed by atoms with E-state index in [0.29, 0.717) is 19.5 Å². The number of nitrogens with zero attached hydrogens (tertiary/aromatic N) is 1. The van der Waals surface area contributed by atoms with Crippen LogP contribution in [0.5, 0.6) is 0 Å². The number of fused-ring (bicyclic) bond motifs is 1. The first-order chi connectivity index (χ1) is 9.06. The van der Waals surface area contributed by atoms with Crippen molar-refractivity contribution in [2.24, 2.45) is 0 Å². The predicted octanol–water partition coefficient (Wildman–Crippen LogP) is 1.37. The third-order valence-electron chi connectivity index (χ3n) is 3.08. The summed E-state index contributed by atoms with van der Waals surface area (Å²) in [4.78, 5) is 23.8. The maximum Gasteiger partial charge on any atom is 0.317 e. The molecular weight excluding hydrogens is 251 g/mol. The van der Waals surface area contributed by atoms with Gasteiger partial charge in [-0.05, 0) is 29.7 Å². The molecule has 0 atom stereocenters. The molecular formula is C13H15FN2O3. The molecule has 0 radical (unpaired) electrons. The van der Waals surface area contributed by atoms with Crippen molar-refractivity contribution in [3.8, 4) is 0 Å². The average Bonchev–Trinajstić information content (AvgIpc) is 2.37. The van der Waals surface area contributed by atoms with Crippen molar-refractivity contribution in [2.75, 3.05) is 13.1 Å². The van der Waals surface area contributed by atoms with Crippen LogP contribution in [0.25, 0.3) is 0 Å². The first-order valence-corrected chi connectivity index (χ1v) is 6.08. The summed E-state index contributed by atoms with van der Waals surface area (Å²) < 4.78 is 13.0. The van der Waals surface area contributed by atoms with Crippen LogP contribution in [-0.4, -0.2) is 35.1 Å². The molecule has 5 nitrogen and oxygen atoms in total. The molecule has 0 unspecified atom stereocenters. The molecule has 0 aliphatic carbocycles. The number of nitrogens with one attached hydrogen (secondary N) is 1. The molecule has 1 aromatic rings. The Kier molecular flexibility index (Phi) is 3.99. The fraction of sp³-hybridized carbons (Fsp3) is 0.385. The van der Waals surface area contributed by atoms with E-state index < -0.39 is 5.97 Å². The zero-order chi connectivity index (χ0) is 13.8. The highest BCUT2D eigenvalue weighted by molar-refractivity contribution is 5.75. The number of aliphatic carboxylic acids is 1. The Morgan fingerprint density at radius 3 is 2.89 bits per heavy atom. The zero-order valence-corrected chi connectivity index (χ0v) is 10.4. The summed E-state index contributed by atoms with van der Waals surface area (Å²) in [5.74, 6) is -1.21. The van der Waals surface area contributed by atoms with E-state index in [0.717, 1.165) is 11.1 Å². The van der Waals surface area contributed by atoms with Gasteiger partial charge in [0.05, 0.1) is 6.42 Å². The average molecular weight is 266 g/mol. The highest BCUT2D eigenvalue weighted by Crippen LogP contribution is 2.19. The molecule has 1 aliphatic heterocycles. The second-order valence-corrected chi connectivity index (χ2v) is 4.46. The largest absolute Gasteiger partial charge is 0.481 e. The third kappa shape index (κ3) is 3.43. The van der Waals surface area contributed by atoms with Crippen LogP contribution in [0.1, 0.15) is 17.5 Å². The number of rotatable bonds is 3. The lowest BCUT2D eigenvalue weighted by Gasteiger charge is -2.28. The van der Waals surface area contributed by atoms with Crippen molar-refractivity contribution in [1.82, 2.24) is 10.2 Å². The summed E-state index contributed by atoms with van der Waals surface area (Å²) in [5, 5.41) is 11.1. The van der Waals surface area contributed by atoms with E-state index in [1.165, 1.54) is 12.1 Å². The molecule has 2 rings (SSSR count). The van der Waals surface area contributed by atoms with Crippen molar-refractivity contribution in [3.05, 3.63) is 35.1 Å². The summed E-state index contributed by atoms with van der Waals surface area (Å²) in [6, 6.07) is 4.28. The second kappa shape index (κ2) is 5.69. The zero-order valence-electron chi connectivity index (χ0n) is 10.4. The maximum absolute atomic E-state index is 13.0. The van der Waals surface area contributed by atoms with Gasteiger partial charge in [-0.3, -0.25) is 4.79 Å². The van der Waals surface area contributed by atoms with Gasteiger partial charge in [0.2, 0.25) is 0 Å². The number of hydrogen-bond donors (Lipinski definition) is 2. The summed E-state index contributed by atoms with van der Waals surface area (Å²) in [7, 11) is 0. The number of carbonyl (C=O) groups excluding carboxylic acids is 1. The Balaban J connectivity index is 1.92. The van der Waals surface area contributed by atoms with Gasteiger partial charge in [0.1, 0.15) is 5.82 Å². The van der Waals surface area contributed by atoms with Crippen LogP contribution in [0, 0.1) is 5.82 Å². The molecule has 1 aromatic carbocycles. The van der Waals surface area contributed by atoms with Crippen LogP contribution in [0.2, 0.25) is 0 Å². The monoisotopic (exact) mass is 266 g/mol. The Morgan fingerprint density at radius 1 is 1.37 bits per heavy atom. The van der Waals surface area contributed by atoms with Crippen LogP contribution in [0.4, 0.5) is 9.18 Å². The lowest BCUT2D eigenvalue weighted by atomic mass is 10.00. The number of carboxylic acids is 1. The van der Waals surface area contributed by atoms with Crippen molar-refractivity contribution in [1.29, 1.82) is 0 Å². The number of carbonyl (C=O) groups is 2. The van der Waals surface area contributed by atoms with E-state index in [1.807, 2.05) is 0 Å². The van der Waals surface area contributed by atoms with Crippen LogP contribution >= 0.6 is 0 Å². The molecule has 0 fully saturated rings. The number of amides is 2. The molecule has 102 valence electrons. The maximum atomic E-state index is 13.0. The van der Waals surface area contributed by atoms with E-state index in [2.05, 4.69) is 5.32 Å². The molecule has 2 N–H and O–H groups in total. The summed E-state index contributed by atoms with van der Waals surface area (Å²) in [6.45, 7) is 1.05. The minimum Gasteiger partial charge on any atom is -0.481 e. The van der Waals surface area contributed by atoms with Gasteiger partial charge in [0.25, 0.3) is 0 Å². The Labute approximate surface area is 110 Å². The SMILES string of the molecule is O=C(O)CCNC(=O)N1CCc2cc(F)ccc2C1. The van der Waals surface area contributed by atoms with E-state index in [-0.39, 0.29) is 24.8 Å². The molecule has 19 heavy (non-hydrogen) atoms. The number of urea groups is 1. The van der Waals surface area contributed by atoms with Crippen LogP contribution in [0.3, 0.4) is 0 Å². The molecule has 0 bridgehead atoms. The minimum absolute atomic E-state index is 0.0959. The molecule has 0 aromatic heterocycles. The summed E-state index contributed by atoms with van der Waals surface area (Å²) >= 11 is 0. The molecule has 6 heteroatoms. The third-order valence-corrected chi connectivity index (χ3v) is 3.08. The Bertz CT molecular complexity index is 505. The van der Waals surface area contributed by atoms with Gasteiger partial charge in [0, 0.05) is 19.6 Å². The number of halogens is 1. The molecule has 0 saturated heterocycles. The van der Waals surface area contributed by atoms with E-state index in [9.17, 15) is 14.0 Å². The van der Waals surface area contributed by atoms with Gasteiger partial charge < -0.3 is 15.3 Å². The minimum atomic E-state index is -0.945. The lowest BCUT2D eigenvalue weighted by Crippen LogP contribution is -2.43. The van der Waals surface area contributed by atoms with Gasteiger partial charge in [-0.1, -0.05) is 6.07 Å². The van der Waals surface area contributed by atoms with Crippen molar-refractivity contribution in [2.45, 2.75) is 19.4 Å². The van der Waals surface area contributed by atoms with Gasteiger partial charge in [0.15, 0.2) is 0 Å². The summed E-state index contributed by atoms with van der Waals surface area (Å²) in [6.07, 6.45) is 0.515. The van der Waals surface area contributed by atoms with Crippen molar-refractivity contribution in [3.63, 3.8) is 0 Å². The summed E-state index contributed by atoms with van der Waals surface area (Å²) in [5.41, 5.74) is 1.86. The number of hydrogen-bond acceptors (Lipinski definition) is 2. The van der Waals surface area contributed by atoms with Gasteiger partial charge in [-0.2, -0.15) is 0 Å². The Hall–Kier alpha value is -2.11. The highest BCUT2D eigenvalue weighted by Gasteiger charge is 2.20. The van der Waals surface area contributed by atoms with Crippen LogP contribution in [0.15, 0.2) is 18.2 Å². The van der Waals surface area contributed by atoms with Crippen LogP contribution < -0.4 is 5.32 Å². The predicted molar refractivity (Wildman–Crippen MR) is 66.2 cm³/mol. The van der Waals surface area contributed by atoms with Crippen LogP contribution in [-0.2, 0) is 17.8 Å². The number of carboxylic acid groups (broad SMARTS) is 1. The van der Waals surface area contributed by atoms with Crippen molar-refractivity contribution < 1.29 is 19.1 Å². The number of benzene rings is 1. The highest BCUT2D eigenvalue weighted by atomic mass is 19.1. The molecule has 1 aliphatic rings. The van der Waals surface area contributed by atoms with Gasteiger partial charge in [-0.25, -0.2) is 9.18 Å².